The van der Waals surface area contributed by atoms with Crippen LogP contribution in [0.15, 0.2) is 49.1 Å². The van der Waals surface area contributed by atoms with E-state index in [0.29, 0.717) is 5.95 Å². The highest BCUT2D eigenvalue weighted by atomic mass is 16.3. The zero-order chi connectivity index (χ0) is 19.8. The first-order valence-electron chi connectivity index (χ1n) is 9.16. The zero-order valence-electron chi connectivity index (χ0n) is 16.1. The average molecular weight is 379 g/mol. The highest BCUT2D eigenvalue weighted by molar-refractivity contribution is 5.62. The monoisotopic (exact) mass is 379 g/mol. The Kier molecular flexibility index (Phi) is 6.83. The smallest absolute Gasteiger partial charge is 0.227 e. The van der Waals surface area contributed by atoms with Crippen LogP contribution in [-0.4, -0.2) is 52.2 Å². The summed E-state index contributed by atoms with van der Waals surface area (Å²) >= 11 is 0. The van der Waals surface area contributed by atoms with Gasteiger partial charge in [-0.2, -0.15) is 0 Å². The van der Waals surface area contributed by atoms with E-state index in [1.54, 1.807) is 18.6 Å². The third-order valence-corrected chi connectivity index (χ3v) is 4.24. The van der Waals surface area contributed by atoms with Crippen LogP contribution in [0.4, 0.5) is 17.5 Å². The Morgan fingerprint density at radius 3 is 2.75 bits per heavy atom. The lowest BCUT2D eigenvalue weighted by molar-refractivity contribution is 0.281. The topological polar surface area (TPSA) is 99.1 Å². The molecule has 0 aromatic carbocycles. The molecule has 0 spiro atoms. The standard InChI is InChI=1S/C20H25N7O/c1-21-7-3-9-27(2)19-5-4-16(12-24-19)18-6-8-23-20(26-18)25-17-10-15(14-28)11-22-13-17/h4-6,8,10-13,21,28H,3,7,9,14H2,1-2H3,(H,23,25,26). The van der Waals surface area contributed by atoms with Crippen LogP contribution in [0.5, 0.6) is 0 Å². The molecule has 0 aliphatic carbocycles. The van der Waals surface area contributed by atoms with Crippen LogP contribution in [0.3, 0.4) is 0 Å². The Bertz CT molecular complexity index is 886. The quantitative estimate of drug-likeness (QED) is 0.487. The number of hydrogen-bond donors (Lipinski definition) is 3. The predicted molar refractivity (Wildman–Crippen MR) is 111 cm³/mol. The van der Waals surface area contributed by atoms with E-state index in [0.717, 1.165) is 47.8 Å². The molecule has 0 aliphatic heterocycles. The molecule has 3 aromatic heterocycles. The lowest BCUT2D eigenvalue weighted by atomic mass is 10.2. The molecule has 146 valence electrons. The molecule has 0 aliphatic rings. The molecule has 0 fully saturated rings. The molecule has 8 nitrogen and oxygen atoms in total. The van der Waals surface area contributed by atoms with Gasteiger partial charge < -0.3 is 20.6 Å². The van der Waals surface area contributed by atoms with Crippen molar-refractivity contribution < 1.29 is 5.11 Å². The molecule has 3 N–H and O–H groups in total. The van der Waals surface area contributed by atoms with E-state index in [1.807, 2.05) is 44.6 Å². The van der Waals surface area contributed by atoms with Gasteiger partial charge in [-0.05, 0) is 49.8 Å². The lowest BCUT2D eigenvalue weighted by Crippen LogP contribution is -2.22. The van der Waals surface area contributed by atoms with Crippen molar-refractivity contribution in [2.45, 2.75) is 13.0 Å². The summed E-state index contributed by atoms with van der Waals surface area (Å²) in [6.07, 6.45) is 7.86. The summed E-state index contributed by atoms with van der Waals surface area (Å²) in [7, 11) is 4.00. The van der Waals surface area contributed by atoms with Crippen molar-refractivity contribution in [3.05, 3.63) is 54.6 Å². The first-order chi connectivity index (χ1) is 13.7. The van der Waals surface area contributed by atoms with E-state index in [9.17, 15) is 5.11 Å². The first kappa shape index (κ1) is 19.7. The highest BCUT2D eigenvalue weighted by Gasteiger charge is 2.06. The van der Waals surface area contributed by atoms with Gasteiger partial charge in [0.2, 0.25) is 5.95 Å². The largest absolute Gasteiger partial charge is 0.392 e. The van der Waals surface area contributed by atoms with E-state index in [2.05, 4.69) is 35.5 Å². The van der Waals surface area contributed by atoms with Gasteiger partial charge in [0.1, 0.15) is 5.82 Å². The zero-order valence-corrected chi connectivity index (χ0v) is 16.1. The van der Waals surface area contributed by atoms with Gasteiger partial charge >= 0.3 is 0 Å². The maximum Gasteiger partial charge on any atom is 0.227 e. The SMILES string of the molecule is CNCCCN(C)c1ccc(-c2ccnc(Nc3cncc(CO)c3)n2)cn1. The second kappa shape index (κ2) is 9.72. The number of rotatable bonds is 9. The molecule has 3 aromatic rings. The van der Waals surface area contributed by atoms with Crippen LogP contribution < -0.4 is 15.5 Å². The highest BCUT2D eigenvalue weighted by Crippen LogP contribution is 2.21. The van der Waals surface area contributed by atoms with Crippen molar-refractivity contribution in [2.75, 3.05) is 37.4 Å². The van der Waals surface area contributed by atoms with Crippen molar-refractivity contribution >= 4 is 17.5 Å². The Balaban J connectivity index is 1.71. The van der Waals surface area contributed by atoms with Crippen molar-refractivity contribution in [2.24, 2.45) is 0 Å². The molecule has 0 atom stereocenters. The third kappa shape index (κ3) is 5.21. The lowest BCUT2D eigenvalue weighted by Gasteiger charge is -2.18. The Morgan fingerprint density at radius 2 is 2.00 bits per heavy atom. The van der Waals surface area contributed by atoms with Gasteiger partial charge in [-0.15, -0.1) is 0 Å². The first-order valence-corrected chi connectivity index (χ1v) is 9.16. The normalized spacial score (nSPS) is 10.7. The number of pyridine rings is 2. The summed E-state index contributed by atoms with van der Waals surface area (Å²) in [5.41, 5.74) is 3.14. The second-order valence-corrected chi connectivity index (χ2v) is 6.41. The summed E-state index contributed by atoms with van der Waals surface area (Å²) in [5, 5.41) is 15.5. The Morgan fingerprint density at radius 1 is 1.11 bits per heavy atom. The minimum atomic E-state index is -0.0646. The minimum absolute atomic E-state index is 0.0646. The van der Waals surface area contributed by atoms with Gasteiger partial charge in [-0.25, -0.2) is 15.0 Å². The fourth-order valence-corrected chi connectivity index (χ4v) is 2.72. The molecule has 0 bridgehead atoms. The van der Waals surface area contributed by atoms with Gasteiger partial charge in [-0.3, -0.25) is 4.98 Å². The fraction of sp³-hybridized carbons (Fsp3) is 0.300. The Hall–Kier alpha value is -3.10. The van der Waals surface area contributed by atoms with Crippen molar-refractivity contribution in [1.29, 1.82) is 0 Å². The van der Waals surface area contributed by atoms with Crippen molar-refractivity contribution in [1.82, 2.24) is 25.3 Å². The molecule has 28 heavy (non-hydrogen) atoms. The summed E-state index contributed by atoms with van der Waals surface area (Å²) in [4.78, 5) is 19.6. The molecular formula is C20H25N7O. The van der Waals surface area contributed by atoms with Crippen LogP contribution in [0.25, 0.3) is 11.3 Å². The van der Waals surface area contributed by atoms with Gasteiger partial charge in [0, 0.05) is 37.7 Å². The van der Waals surface area contributed by atoms with Gasteiger partial charge in [-0.1, -0.05) is 0 Å². The summed E-state index contributed by atoms with van der Waals surface area (Å²) in [6, 6.07) is 7.67. The van der Waals surface area contributed by atoms with E-state index in [4.69, 9.17) is 0 Å². The number of anilines is 3. The summed E-state index contributed by atoms with van der Waals surface area (Å²) in [6.45, 7) is 1.86. The number of aliphatic hydroxyl groups is 1. The van der Waals surface area contributed by atoms with E-state index >= 15 is 0 Å². The maximum atomic E-state index is 9.23. The molecule has 0 radical (unpaired) electrons. The minimum Gasteiger partial charge on any atom is -0.392 e. The molecule has 3 rings (SSSR count). The van der Waals surface area contributed by atoms with Crippen LogP contribution in [0, 0.1) is 0 Å². The molecule has 0 amide bonds. The van der Waals surface area contributed by atoms with Crippen LogP contribution >= 0.6 is 0 Å². The number of hydrogen-bond acceptors (Lipinski definition) is 8. The maximum absolute atomic E-state index is 9.23. The second-order valence-electron chi connectivity index (χ2n) is 6.41. The molecule has 0 saturated carbocycles. The van der Waals surface area contributed by atoms with Gasteiger partial charge in [0.05, 0.1) is 24.2 Å². The third-order valence-electron chi connectivity index (χ3n) is 4.24. The number of aliphatic hydroxyl groups excluding tert-OH is 1. The van der Waals surface area contributed by atoms with Crippen LogP contribution in [0.1, 0.15) is 12.0 Å². The average Bonchev–Trinajstić information content (AvgIpc) is 2.74. The van der Waals surface area contributed by atoms with E-state index < -0.39 is 0 Å². The van der Waals surface area contributed by atoms with Crippen molar-refractivity contribution in [3.8, 4) is 11.3 Å². The summed E-state index contributed by atoms with van der Waals surface area (Å²) < 4.78 is 0. The van der Waals surface area contributed by atoms with E-state index in [-0.39, 0.29) is 6.61 Å². The Labute approximate surface area is 164 Å². The molecule has 0 saturated heterocycles. The molecule has 0 unspecified atom stereocenters. The number of nitrogens with zero attached hydrogens (tertiary/aromatic N) is 5. The van der Waals surface area contributed by atoms with Crippen LogP contribution in [0.2, 0.25) is 0 Å². The number of aromatic nitrogens is 4. The predicted octanol–water partition coefficient (Wildman–Crippen LogP) is 2.22. The molecular weight excluding hydrogens is 354 g/mol. The molecule has 3 heterocycles. The van der Waals surface area contributed by atoms with E-state index in [1.165, 1.54) is 0 Å². The van der Waals surface area contributed by atoms with Gasteiger partial charge in [0.15, 0.2) is 0 Å². The van der Waals surface area contributed by atoms with Crippen LogP contribution in [-0.2, 0) is 6.61 Å². The molecule has 8 heteroatoms. The fourth-order valence-electron chi connectivity index (χ4n) is 2.72. The van der Waals surface area contributed by atoms with Crippen molar-refractivity contribution in [3.63, 3.8) is 0 Å². The summed E-state index contributed by atoms with van der Waals surface area (Å²) in [5.74, 6) is 1.39. The number of nitrogens with one attached hydrogen (secondary N) is 2. The van der Waals surface area contributed by atoms with Gasteiger partial charge in [0.25, 0.3) is 0 Å².